The normalized spacial score (nSPS) is 7.73. The number of hydrogen-bond donors (Lipinski definition) is 0. The maximum absolute atomic E-state index is 5.25. The van der Waals surface area contributed by atoms with Gasteiger partial charge in [-0.1, -0.05) is 0 Å². The van der Waals surface area contributed by atoms with Gasteiger partial charge in [-0.2, -0.15) is 0 Å². The Morgan fingerprint density at radius 2 is 0.733 bits per heavy atom. The van der Waals surface area contributed by atoms with Gasteiger partial charge in [0.2, 0.25) is 0 Å². The summed E-state index contributed by atoms with van der Waals surface area (Å²) in [5, 5.41) is 7.67. The number of hydrogen-bond acceptors (Lipinski definition) is 0. The van der Waals surface area contributed by atoms with Crippen LogP contribution < -0.4 is 0 Å². The van der Waals surface area contributed by atoms with E-state index in [1.807, 2.05) is 0 Å². The third-order valence-electron chi connectivity index (χ3n) is 0.941. The van der Waals surface area contributed by atoms with Gasteiger partial charge in [0, 0.05) is 0 Å². The molecule has 0 aromatic rings. The molecule has 0 spiro atoms. The second kappa shape index (κ2) is 13.3. The van der Waals surface area contributed by atoms with Crippen LogP contribution in [-0.4, -0.2) is 81.0 Å². The molecule has 0 aliphatic rings. The van der Waals surface area contributed by atoms with Crippen LogP contribution in [0.4, 0.5) is 0 Å². The Bertz CT molecular complexity index is 97.2. The topological polar surface area (TPSA) is 28.2 Å². The molecule has 0 aromatic carbocycles. The van der Waals surface area contributed by atoms with E-state index in [9.17, 15) is 0 Å². The zero-order chi connectivity index (χ0) is 11.7. The number of nitrogens with zero attached hydrogens (tertiary/aromatic N) is 2. The minimum Gasteiger partial charge on any atom is -0.723 e. The van der Waals surface area contributed by atoms with Crippen LogP contribution >= 0.6 is 0 Å². The molecular formula is C4H12B8MgN2. The van der Waals surface area contributed by atoms with Crippen molar-refractivity contribution in [3.63, 3.8) is 0 Å². The zero-order valence-electron chi connectivity index (χ0n) is 10.2. The Morgan fingerprint density at radius 3 is 0.733 bits per heavy atom. The van der Waals surface area contributed by atoms with E-state index in [2.05, 4.69) is 10.3 Å². The quantitative estimate of drug-likeness (QED) is 0.545. The van der Waals surface area contributed by atoms with Gasteiger partial charge in [-0.25, -0.2) is 0 Å². The summed E-state index contributed by atoms with van der Waals surface area (Å²) < 4.78 is 0. The minimum absolute atomic E-state index is 0. The van der Waals surface area contributed by atoms with E-state index >= 15 is 0 Å². The van der Waals surface area contributed by atoms with E-state index < -0.39 is 0 Å². The Kier molecular flexibility index (Phi) is 19.0. The molecule has 15 heavy (non-hydrogen) atoms. The first-order chi connectivity index (χ1) is 6.25. The molecule has 0 saturated heterocycles. The summed E-state index contributed by atoms with van der Waals surface area (Å²) in [4.78, 5) is 0. The summed E-state index contributed by atoms with van der Waals surface area (Å²) in [5.74, 6) is 0. The zero-order valence-corrected chi connectivity index (χ0v) is 11.6. The molecule has 0 bridgehead atoms. The largest absolute Gasteiger partial charge is 2.00 e. The van der Waals surface area contributed by atoms with Crippen molar-refractivity contribution in [3.05, 3.63) is 10.3 Å². The van der Waals surface area contributed by atoms with Crippen molar-refractivity contribution in [3.8, 4) is 0 Å². The van der Waals surface area contributed by atoms with Crippen LogP contribution in [0.3, 0.4) is 0 Å². The molecule has 0 atom stereocenters. The molecule has 0 aliphatic heterocycles. The van der Waals surface area contributed by atoms with Crippen LogP contribution in [0.15, 0.2) is 0 Å². The van der Waals surface area contributed by atoms with Crippen LogP contribution in [0.2, 0.25) is 27.3 Å². The van der Waals surface area contributed by atoms with Gasteiger partial charge in [0.1, 0.15) is 0 Å². The summed E-state index contributed by atoms with van der Waals surface area (Å²) in [6.45, 7) is 6.68. The molecule has 0 N–H and O–H groups in total. The molecule has 0 rings (SSSR count). The molecule has 0 unspecified atom stereocenters. The average Bonchev–Trinajstić information content (AvgIpc) is 1.79. The van der Waals surface area contributed by atoms with Crippen molar-refractivity contribution < 1.29 is 0 Å². The fourth-order valence-corrected chi connectivity index (χ4v) is 0.742. The van der Waals surface area contributed by atoms with Crippen molar-refractivity contribution in [1.29, 1.82) is 0 Å². The van der Waals surface area contributed by atoms with Gasteiger partial charge in [0.25, 0.3) is 0 Å². The fraction of sp³-hybridized carbons (Fsp3) is 1.00. The summed E-state index contributed by atoms with van der Waals surface area (Å²) in [7, 11) is 21.0. The summed E-state index contributed by atoms with van der Waals surface area (Å²) in [6.07, 6.45) is 0. The van der Waals surface area contributed by atoms with E-state index in [1.54, 1.807) is 27.3 Å². The van der Waals surface area contributed by atoms with E-state index in [0.29, 0.717) is 0 Å². The van der Waals surface area contributed by atoms with Gasteiger partial charge >= 0.3 is 23.1 Å². The van der Waals surface area contributed by atoms with Gasteiger partial charge in [-0.15, -0.1) is 27.3 Å². The van der Waals surface area contributed by atoms with E-state index in [-0.39, 0.29) is 50.0 Å². The van der Waals surface area contributed by atoms with Crippen molar-refractivity contribution in [1.82, 2.24) is 0 Å². The summed E-state index contributed by atoms with van der Waals surface area (Å²) in [5.41, 5.74) is 0. The first kappa shape index (κ1) is 21.5. The molecule has 0 aromatic heterocycles. The third kappa shape index (κ3) is 31.3. The average molecular weight is 199 g/mol. The van der Waals surface area contributed by atoms with E-state index in [0.717, 1.165) is 0 Å². The fourth-order valence-electron chi connectivity index (χ4n) is 0.742. The van der Waals surface area contributed by atoms with E-state index in [1.165, 1.54) is 0 Å². The standard InChI is InChI=1S/2C2H6B4N.Mg/c2*1-5(3)7-6(2)4;/h2*1-2H3;/q2*-1;+2. The second-order valence-corrected chi connectivity index (χ2v) is 3.26. The minimum atomic E-state index is -0.125. The summed E-state index contributed by atoms with van der Waals surface area (Å²) in [6, 6.07) is 0. The molecule has 8 radical (unpaired) electrons. The monoisotopic (exact) mass is 200 g/mol. The predicted octanol–water partition coefficient (Wildman–Crippen LogP) is -0.515. The van der Waals surface area contributed by atoms with Crippen LogP contribution in [-0.2, 0) is 0 Å². The van der Waals surface area contributed by atoms with Crippen molar-refractivity contribution in [2.45, 2.75) is 27.3 Å². The van der Waals surface area contributed by atoms with Crippen LogP contribution in [0, 0.1) is 0 Å². The van der Waals surface area contributed by atoms with Gasteiger partial charge in [-0.05, 0) is 57.9 Å². The van der Waals surface area contributed by atoms with Crippen LogP contribution in [0.25, 0.3) is 10.3 Å². The van der Waals surface area contributed by atoms with Gasteiger partial charge in [-0.3, -0.25) is 0 Å². The molecule has 0 heterocycles. The second-order valence-electron chi connectivity index (χ2n) is 3.26. The van der Waals surface area contributed by atoms with Crippen molar-refractivity contribution in [2.24, 2.45) is 0 Å². The van der Waals surface area contributed by atoms with Crippen LogP contribution in [0.5, 0.6) is 0 Å². The maximum Gasteiger partial charge on any atom is 2.00 e. The van der Waals surface area contributed by atoms with Crippen molar-refractivity contribution >= 4 is 81.0 Å². The number of rotatable bonds is 4. The molecule has 11 heteroatoms. The van der Waals surface area contributed by atoms with Gasteiger partial charge < -0.3 is 10.3 Å². The Balaban J connectivity index is -0.000000180. The Hall–Kier alpha value is 1.21. The summed E-state index contributed by atoms with van der Waals surface area (Å²) >= 11 is 0. The molecule has 2 nitrogen and oxygen atoms in total. The van der Waals surface area contributed by atoms with Crippen molar-refractivity contribution in [2.75, 3.05) is 0 Å². The Labute approximate surface area is 118 Å². The molecule has 0 fully saturated rings. The Morgan fingerprint density at radius 1 is 0.600 bits per heavy atom. The smallest absolute Gasteiger partial charge is 0.723 e. The third-order valence-corrected chi connectivity index (χ3v) is 0.941. The molecule has 0 saturated carbocycles. The molecule has 64 valence electrons. The van der Waals surface area contributed by atoms with E-state index in [4.69, 9.17) is 30.9 Å². The van der Waals surface area contributed by atoms with Gasteiger partial charge in [0.05, 0.1) is 0 Å². The molecular weight excluding hydrogens is 187 g/mol. The first-order valence-corrected chi connectivity index (χ1v) is 4.68. The maximum atomic E-state index is 5.25. The first-order valence-electron chi connectivity index (χ1n) is 4.68. The molecule has 0 aliphatic carbocycles. The van der Waals surface area contributed by atoms with Crippen LogP contribution in [0.1, 0.15) is 0 Å². The molecule has 0 amide bonds. The SMILES string of the molecule is [B]B(C)[N-]B([B])C.[B]B(C)[N-]B([B])C.[Mg+2]. The predicted molar refractivity (Wildman–Crippen MR) is 82.0 cm³/mol. The van der Waals surface area contributed by atoms with Gasteiger partial charge in [0.15, 0.2) is 0 Å².